The summed E-state index contributed by atoms with van der Waals surface area (Å²) >= 11 is 3.64. The average Bonchev–Trinajstić information content (AvgIpc) is 2.68. The van der Waals surface area contributed by atoms with E-state index in [2.05, 4.69) is 33.4 Å². The van der Waals surface area contributed by atoms with Crippen LogP contribution in [0.25, 0.3) is 0 Å². The number of methoxy groups -OCH3 is 1. The molecule has 3 N–H and O–H groups in total. The molecule has 20 heavy (non-hydrogen) atoms. The molecule has 0 saturated heterocycles. The quantitative estimate of drug-likeness (QED) is 0.588. The van der Waals surface area contributed by atoms with E-state index in [0.29, 0.717) is 0 Å². The van der Waals surface area contributed by atoms with Crippen molar-refractivity contribution in [1.82, 2.24) is 15.2 Å². The standard InChI is InChI=1S/C14H25BrN4O/c1-4-19-12(13(15)10(2)18-19)8-11(17-16)9-14(20-3)6-5-7-14/h11,17H,4-9,16H2,1-3H3. The summed E-state index contributed by atoms with van der Waals surface area (Å²) in [7, 11) is 1.81. The lowest BCUT2D eigenvalue weighted by atomic mass is 9.75. The van der Waals surface area contributed by atoms with Gasteiger partial charge < -0.3 is 4.74 Å². The molecule has 1 aliphatic carbocycles. The molecule has 1 aliphatic rings. The molecule has 0 aromatic carbocycles. The summed E-state index contributed by atoms with van der Waals surface area (Å²) in [6, 6.07) is 0.202. The van der Waals surface area contributed by atoms with Crippen molar-refractivity contribution in [2.24, 2.45) is 5.84 Å². The van der Waals surface area contributed by atoms with E-state index in [-0.39, 0.29) is 11.6 Å². The van der Waals surface area contributed by atoms with Gasteiger partial charge >= 0.3 is 0 Å². The van der Waals surface area contributed by atoms with Crippen LogP contribution >= 0.6 is 15.9 Å². The summed E-state index contributed by atoms with van der Waals surface area (Å²) < 4.78 is 8.85. The number of aromatic nitrogens is 2. The van der Waals surface area contributed by atoms with Gasteiger partial charge in [-0.3, -0.25) is 16.0 Å². The maximum Gasteiger partial charge on any atom is 0.0738 e. The van der Waals surface area contributed by atoms with Gasteiger partial charge in [-0.15, -0.1) is 0 Å². The van der Waals surface area contributed by atoms with E-state index >= 15 is 0 Å². The minimum atomic E-state index is 0.0234. The second-order valence-corrected chi connectivity index (χ2v) is 6.47. The lowest BCUT2D eigenvalue weighted by molar-refractivity contribution is -0.0835. The molecule has 6 heteroatoms. The van der Waals surface area contributed by atoms with Crippen molar-refractivity contribution in [3.63, 3.8) is 0 Å². The summed E-state index contributed by atoms with van der Waals surface area (Å²) in [5, 5.41) is 4.54. The van der Waals surface area contributed by atoms with Gasteiger partial charge in [0, 0.05) is 26.1 Å². The van der Waals surface area contributed by atoms with Gasteiger partial charge in [0.15, 0.2) is 0 Å². The van der Waals surface area contributed by atoms with Crippen molar-refractivity contribution in [2.45, 2.75) is 64.1 Å². The third kappa shape index (κ3) is 3.08. The van der Waals surface area contributed by atoms with Gasteiger partial charge in [-0.2, -0.15) is 5.10 Å². The normalized spacial score (nSPS) is 18.9. The van der Waals surface area contributed by atoms with Gasteiger partial charge in [0.25, 0.3) is 0 Å². The maximum atomic E-state index is 5.76. The molecular formula is C14H25BrN4O. The van der Waals surface area contributed by atoms with Gasteiger partial charge in [0.1, 0.15) is 0 Å². The minimum Gasteiger partial charge on any atom is -0.378 e. The van der Waals surface area contributed by atoms with Crippen LogP contribution in [0.1, 0.15) is 44.0 Å². The molecule has 1 unspecified atom stereocenters. The van der Waals surface area contributed by atoms with Crippen molar-refractivity contribution in [2.75, 3.05) is 7.11 Å². The number of nitrogens with one attached hydrogen (secondary N) is 1. The highest BCUT2D eigenvalue weighted by atomic mass is 79.9. The fourth-order valence-electron chi connectivity index (χ4n) is 3.00. The van der Waals surface area contributed by atoms with Crippen LogP contribution in [0.4, 0.5) is 0 Å². The first-order valence-corrected chi connectivity index (χ1v) is 8.07. The van der Waals surface area contributed by atoms with Gasteiger partial charge in [-0.1, -0.05) is 0 Å². The average molecular weight is 345 g/mol. The first-order valence-electron chi connectivity index (χ1n) is 7.28. The van der Waals surface area contributed by atoms with E-state index in [1.807, 2.05) is 18.7 Å². The first-order chi connectivity index (χ1) is 9.55. The Morgan fingerprint density at radius 2 is 2.25 bits per heavy atom. The summed E-state index contributed by atoms with van der Waals surface area (Å²) in [5.41, 5.74) is 5.22. The number of rotatable bonds is 7. The predicted molar refractivity (Wildman–Crippen MR) is 83.4 cm³/mol. The third-order valence-corrected chi connectivity index (χ3v) is 5.48. The van der Waals surface area contributed by atoms with Crippen LogP contribution < -0.4 is 11.3 Å². The van der Waals surface area contributed by atoms with Gasteiger partial charge in [-0.25, -0.2) is 0 Å². The molecule has 1 aromatic heterocycles. The van der Waals surface area contributed by atoms with Crippen molar-refractivity contribution < 1.29 is 4.74 Å². The van der Waals surface area contributed by atoms with E-state index in [4.69, 9.17) is 10.6 Å². The Morgan fingerprint density at radius 1 is 1.55 bits per heavy atom. The number of hydrogen-bond donors (Lipinski definition) is 2. The van der Waals surface area contributed by atoms with E-state index in [0.717, 1.165) is 42.4 Å². The molecule has 1 heterocycles. The van der Waals surface area contributed by atoms with E-state index < -0.39 is 0 Å². The van der Waals surface area contributed by atoms with E-state index in [9.17, 15) is 0 Å². The molecule has 0 amide bonds. The molecule has 0 spiro atoms. The second-order valence-electron chi connectivity index (χ2n) is 5.67. The predicted octanol–water partition coefficient (Wildman–Crippen LogP) is 2.31. The highest BCUT2D eigenvalue weighted by molar-refractivity contribution is 9.10. The number of ether oxygens (including phenoxy) is 1. The fourth-order valence-corrected chi connectivity index (χ4v) is 3.45. The van der Waals surface area contributed by atoms with Crippen molar-refractivity contribution >= 4 is 15.9 Å². The fraction of sp³-hybridized carbons (Fsp3) is 0.786. The Kier molecular flexibility index (Phi) is 5.23. The van der Waals surface area contributed by atoms with Crippen molar-refractivity contribution in [3.8, 4) is 0 Å². The molecule has 1 saturated carbocycles. The van der Waals surface area contributed by atoms with Crippen LogP contribution in [0.5, 0.6) is 0 Å². The summed E-state index contributed by atoms with van der Waals surface area (Å²) in [6.07, 6.45) is 5.32. The summed E-state index contributed by atoms with van der Waals surface area (Å²) in [6.45, 7) is 5.00. The SMILES string of the molecule is CCn1nc(C)c(Br)c1CC(CC1(OC)CCC1)NN. The second kappa shape index (κ2) is 6.56. The largest absolute Gasteiger partial charge is 0.378 e. The summed E-state index contributed by atoms with van der Waals surface area (Å²) in [4.78, 5) is 0. The molecule has 114 valence electrons. The zero-order valence-corrected chi connectivity index (χ0v) is 14.2. The molecule has 0 aliphatic heterocycles. The van der Waals surface area contributed by atoms with Crippen LogP contribution in [0, 0.1) is 6.92 Å². The number of hydrazine groups is 1. The highest BCUT2D eigenvalue weighted by Gasteiger charge is 2.39. The molecule has 1 fully saturated rings. The number of aryl methyl sites for hydroxylation is 2. The molecule has 0 radical (unpaired) electrons. The monoisotopic (exact) mass is 344 g/mol. The zero-order valence-electron chi connectivity index (χ0n) is 12.6. The van der Waals surface area contributed by atoms with Crippen LogP contribution in [-0.4, -0.2) is 28.5 Å². The highest BCUT2D eigenvalue weighted by Crippen LogP contribution is 2.39. The van der Waals surface area contributed by atoms with Gasteiger partial charge in [0.05, 0.1) is 21.5 Å². The Balaban J connectivity index is 2.10. The Morgan fingerprint density at radius 3 is 2.70 bits per heavy atom. The Bertz CT molecular complexity index is 451. The van der Waals surface area contributed by atoms with E-state index in [1.165, 1.54) is 12.1 Å². The molecule has 1 aromatic rings. The van der Waals surface area contributed by atoms with Crippen LogP contribution in [0.3, 0.4) is 0 Å². The molecule has 2 rings (SSSR count). The molecule has 0 bridgehead atoms. The lowest BCUT2D eigenvalue weighted by Crippen LogP contribution is -2.48. The maximum absolute atomic E-state index is 5.76. The van der Waals surface area contributed by atoms with E-state index in [1.54, 1.807) is 0 Å². The Labute approximate surface area is 129 Å². The zero-order chi connectivity index (χ0) is 14.8. The van der Waals surface area contributed by atoms with Crippen molar-refractivity contribution in [1.29, 1.82) is 0 Å². The minimum absolute atomic E-state index is 0.0234. The van der Waals surface area contributed by atoms with Crippen LogP contribution in [-0.2, 0) is 17.7 Å². The van der Waals surface area contributed by atoms with Gasteiger partial charge in [0.2, 0.25) is 0 Å². The number of hydrogen-bond acceptors (Lipinski definition) is 4. The Hall–Kier alpha value is -0.430. The summed E-state index contributed by atoms with van der Waals surface area (Å²) in [5.74, 6) is 5.76. The van der Waals surface area contributed by atoms with Crippen LogP contribution in [0.2, 0.25) is 0 Å². The lowest BCUT2D eigenvalue weighted by Gasteiger charge is -2.42. The number of nitrogens with zero attached hydrogens (tertiary/aromatic N) is 2. The number of nitrogens with two attached hydrogens (primary N) is 1. The van der Waals surface area contributed by atoms with Crippen molar-refractivity contribution in [3.05, 3.63) is 15.9 Å². The molecule has 5 nitrogen and oxygen atoms in total. The third-order valence-electron chi connectivity index (χ3n) is 4.44. The number of halogens is 1. The smallest absolute Gasteiger partial charge is 0.0738 e. The van der Waals surface area contributed by atoms with Gasteiger partial charge in [-0.05, 0) is 55.5 Å². The topological polar surface area (TPSA) is 65.1 Å². The van der Waals surface area contributed by atoms with Crippen LogP contribution in [0.15, 0.2) is 4.47 Å². The molecule has 1 atom stereocenters. The first kappa shape index (κ1) is 15.9. The molecular weight excluding hydrogens is 320 g/mol.